The van der Waals surface area contributed by atoms with Gasteiger partial charge in [-0.1, -0.05) is 23.4 Å². The van der Waals surface area contributed by atoms with Crippen molar-refractivity contribution in [1.82, 2.24) is 15.4 Å². The van der Waals surface area contributed by atoms with Crippen LogP contribution in [-0.4, -0.2) is 21.3 Å². The summed E-state index contributed by atoms with van der Waals surface area (Å²) in [6.07, 6.45) is 4.84. The Balaban J connectivity index is 1.18. The fourth-order valence-electron chi connectivity index (χ4n) is 5.15. The summed E-state index contributed by atoms with van der Waals surface area (Å²) < 4.78 is 4.97. The Kier molecular flexibility index (Phi) is 3.86. The molecule has 2 aromatic heterocycles. The summed E-state index contributed by atoms with van der Waals surface area (Å²) in [7, 11) is 0. The number of H-pyrrole nitrogens is 1. The molecule has 1 aromatic carbocycles. The number of aromatic nitrogens is 3. The fourth-order valence-corrected chi connectivity index (χ4v) is 5.15. The van der Waals surface area contributed by atoms with Crippen LogP contribution in [0.15, 0.2) is 39.6 Å². The van der Waals surface area contributed by atoms with Crippen LogP contribution in [0.5, 0.6) is 0 Å². The van der Waals surface area contributed by atoms with Crippen LogP contribution >= 0.6 is 0 Å². The molecule has 0 saturated heterocycles. The van der Waals surface area contributed by atoms with Crippen LogP contribution in [0.3, 0.4) is 0 Å². The van der Waals surface area contributed by atoms with Gasteiger partial charge in [-0.05, 0) is 50.0 Å². The van der Waals surface area contributed by atoms with E-state index in [1.54, 1.807) is 13.0 Å². The number of fused-ring (bicyclic) bond motifs is 1. The molecule has 2 saturated carbocycles. The lowest BCUT2D eigenvalue weighted by Crippen LogP contribution is -2.47. The zero-order chi connectivity index (χ0) is 19.3. The quantitative estimate of drug-likeness (QED) is 0.723. The molecule has 7 heteroatoms. The number of anilines is 1. The number of carbonyl (C=O) groups excluding carboxylic acids is 1. The Labute approximate surface area is 161 Å². The van der Waals surface area contributed by atoms with Gasteiger partial charge in [0.05, 0.1) is 11.1 Å². The van der Waals surface area contributed by atoms with Gasteiger partial charge in [0.2, 0.25) is 5.91 Å². The normalized spacial score (nSPS) is 26.0. The second-order valence-corrected chi connectivity index (χ2v) is 8.44. The van der Waals surface area contributed by atoms with Crippen molar-refractivity contribution < 1.29 is 9.32 Å². The van der Waals surface area contributed by atoms with Gasteiger partial charge in [-0.25, -0.2) is 5.10 Å². The lowest BCUT2D eigenvalue weighted by atomic mass is 9.47. The van der Waals surface area contributed by atoms with Gasteiger partial charge in [-0.2, -0.15) is 5.10 Å². The summed E-state index contributed by atoms with van der Waals surface area (Å²) in [6, 6.07) is 9.39. The number of hydrogen-bond acceptors (Lipinski definition) is 5. The van der Waals surface area contributed by atoms with Crippen LogP contribution in [0.1, 0.15) is 49.5 Å². The van der Waals surface area contributed by atoms with Crippen molar-refractivity contribution >= 4 is 22.5 Å². The Bertz CT molecular complexity index is 1100. The molecule has 0 bridgehead atoms. The Morgan fingerprint density at radius 1 is 1.25 bits per heavy atom. The molecule has 1 amide bonds. The van der Waals surface area contributed by atoms with E-state index in [1.165, 1.54) is 0 Å². The van der Waals surface area contributed by atoms with Crippen molar-refractivity contribution in [2.45, 2.75) is 44.9 Å². The third-order valence-corrected chi connectivity index (χ3v) is 6.28. The Hall–Kier alpha value is -2.96. The largest absolute Gasteiger partial charge is 0.360 e. The maximum Gasteiger partial charge on any atom is 0.272 e. The average Bonchev–Trinajstić information content (AvgIpc) is 3.02. The topological polar surface area (TPSA) is 101 Å². The number of amides is 1. The minimum Gasteiger partial charge on any atom is -0.360 e. The molecule has 1 spiro atoms. The third kappa shape index (κ3) is 2.91. The van der Waals surface area contributed by atoms with Gasteiger partial charge >= 0.3 is 0 Å². The maximum absolute atomic E-state index is 12.2. The van der Waals surface area contributed by atoms with Gasteiger partial charge in [0.25, 0.3) is 5.56 Å². The number of hydrogen-bond donors (Lipinski definition) is 2. The second-order valence-electron chi connectivity index (χ2n) is 8.44. The minimum absolute atomic E-state index is 0.00248. The van der Waals surface area contributed by atoms with E-state index in [0.29, 0.717) is 40.6 Å². The first-order valence-corrected chi connectivity index (χ1v) is 9.72. The van der Waals surface area contributed by atoms with Gasteiger partial charge in [0, 0.05) is 23.8 Å². The first kappa shape index (κ1) is 17.2. The van der Waals surface area contributed by atoms with Gasteiger partial charge in [0.1, 0.15) is 5.76 Å². The summed E-state index contributed by atoms with van der Waals surface area (Å²) in [5.74, 6) is 1.97. The number of carbonyl (C=O) groups is 1. The molecule has 2 fully saturated rings. The van der Waals surface area contributed by atoms with Crippen molar-refractivity contribution in [3.8, 4) is 0 Å². The molecule has 7 nitrogen and oxygen atoms in total. The van der Waals surface area contributed by atoms with Crippen LogP contribution in [-0.2, 0) is 4.79 Å². The Morgan fingerprint density at radius 2 is 2.00 bits per heavy atom. The van der Waals surface area contributed by atoms with E-state index < -0.39 is 0 Å². The van der Waals surface area contributed by atoms with E-state index in [-0.39, 0.29) is 11.5 Å². The smallest absolute Gasteiger partial charge is 0.272 e. The molecule has 3 aromatic rings. The Morgan fingerprint density at radius 3 is 2.71 bits per heavy atom. The highest BCUT2D eigenvalue weighted by atomic mass is 16.5. The molecule has 2 heterocycles. The monoisotopic (exact) mass is 378 g/mol. The maximum atomic E-state index is 12.2. The van der Waals surface area contributed by atoms with Gasteiger partial charge < -0.3 is 9.84 Å². The summed E-state index contributed by atoms with van der Waals surface area (Å²) >= 11 is 0. The molecule has 2 aliphatic rings. The summed E-state index contributed by atoms with van der Waals surface area (Å²) in [4.78, 5) is 24.1. The van der Waals surface area contributed by atoms with Crippen molar-refractivity contribution in [3.05, 3.63) is 52.1 Å². The number of aromatic amines is 1. The molecule has 0 radical (unpaired) electrons. The highest BCUT2D eigenvalue weighted by Gasteiger charge is 2.53. The van der Waals surface area contributed by atoms with E-state index >= 15 is 0 Å². The lowest BCUT2D eigenvalue weighted by Gasteiger charge is -2.57. The van der Waals surface area contributed by atoms with E-state index in [1.807, 2.05) is 24.3 Å². The zero-order valence-corrected chi connectivity index (χ0v) is 15.7. The SMILES string of the molecule is Cc1cc(NC(=O)CC2CC3(C2)CC(c2n[nH]c(=O)c4ccccc24)C3)no1. The molecule has 0 unspecified atom stereocenters. The number of nitrogens with zero attached hydrogens (tertiary/aromatic N) is 2. The van der Waals surface area contributed by atoms with Crippen molar-refractivity contribution in [3.63, 3.8) is 0 Å². The predicted octanol–water partition coefficient (Wildman–Crippen LogP) is 3.52. The molecule has 2 aliphatic carbocycles. The number of benzene rings is 1. The number of rotatable bonds is 4. The number of nitrogens with one attached hydrogen (secondary N) is 2. The van der Waals surface area contributed by atoms with E-state index in [0.717, 1.165) is 36.8 Å². The highest BCUT2D eigenvalue weighted by Crippen LogP contribution is 2.64. The minimum atomic E-state index is -0.134. The van der Waals surface area contributed by atoms with Crippen molar-refractivity contribution in [1.29, 1.82) is 0 Å². The van der Waals surface area contributed by atoms with Crippen LogP contribution in [0.25, 0.3) is 10.8 Å². The second kappa shape index (κ2) is 6.29. The standard InChI is InChI=1S/C21H22N4O3/c1-12-6-17(25-28-12)22-18(26)7-13-8-21(9-13)10-14(11-21)19-15-4-2-3-5-16(15)20(27)24-23-19/h2-6,13-14H,7-11H2,1H3,(H,24,27)(H,22,25,26). The number of aryl methyl sites for hydroxylation is 1. The molecule has 144 valence electrons. The average molecular weight is 378 g/mol. The molecular weight excluding hydrogens is 356 g/mol. The molecule has 2 N–H and O–H groups in total. The highest BCUT2D eigenvalue weighted by molar-refractivity contribution is 5.90. The van der Waals surface area contributed by atoms with E-state index in [4.69, 9.17) is 4.52 Å². The van der Waals surface area contributed by atoms with Gasteiger partial charge in [0.15, 0.2) is 5.82 Å². The molecule has 0 aliphatic heterocycles. The van der Waals surface area contributed by atoms with Crippen LogP contribution in [0, 0.1) is 18.3 Å². The molecule has 28 heavy (non-hydrogen) atoms. The first-order chi connectivity index (χ1) is 13.5. The predicted molar refractivity (Wildman–Crippen MR) is 104 cm³/mol. The fraction of sp³-hybridized carbons (Fsp3) is 0.429. The van der Waals surface area contributed by atoms with Crippen LogP contribution < -0.4 is 10.9 Å². The summed E-state index contributed by atoms with van der Waals surface area (Å²) in [5, 5.41) is 15.3. The lowest BCUT2D eigenvalue weighted by molar-refractivity contribution is -0.121. The summed E-state index contributed by atoms with van der Waals surface area (Å²) in [6.45, 7) is 1.80. The first-order valence-electron chi connectivity index (χ1n) is 9.72. The third-order valence-electron chi connectivity index (χ3n) is 6.28. The van der Waals surface area contributed by atoms with E-state index in [2.05, 4.69) is 20.7 Å². The van der Waals surface area contributed by atoms with Gasteiger partial charge in [-0.3, -0.25) is 9.59 Å². The van der Waals surface area contributed by atoms with Gasteiger partial charge in [-0.15, -0.1) is 0 Å². The molecular formula is C21H22N4O3. The van der Waals surface area contributed by atoms with Crippen LogP contribution in [0.4, 0.5) is 5.82 Å². The van der Waals surface area contributed by atoms with Crippen LogP contribution in [0.2, 0.25) is 0 Å². The zero-order valence-electron chi connectivity index (χ0n) is 15.7. The van der Waals surface area contributed by atoms with Crippen molar-refractivity contribution in [2.75, 3.05) is 5.32 Å². The summed E-state index contributed by atoms with van der Waals surface area (Å²) in [5.41, 5.74) is 1.22. The molecule has 0 atom stereocenters. The van der Waals surface area contributed by atoms with Crippen molar-refractivity contribution in [2.24, 2.45) is 11.3 Å². The molecule has 5 rings (SSSR count). The van der Waals surface area contributed by atoms with E-state index in [9.17, 15) is 9.59 Å².